The maximum atomic E-state index is 8.81. The van der Waals surface area contributed by atoms with Crippen LogP contribution in [0.2, 0.25) is 0 Å². The average molecular weight is 211 g/mol. The molecule has 86 valence electrons. The highest BCUT2D eigenvalue weighted by molar-refractivity contribution is 5.01. The summed E-state index contributed by atoms with van der Waals surface area (Å²) in [7, 11) is 0. The van der Waals surface area contributed by atoms with E-state index in [1.165, 1.54) is 0 Å². The summed E-state index contributed by atoms with van der Waals surface area (Å²) in [6, 6.07) is 2.12. The van der Waals surface area contributed by atoms with Gasteiger partial charge in [0.05, 0.1) is 18.3 Å². The zero-order chi connectivity index (χ0) is 11.5. The van der Waals surface area contributed by atoms with Crippen molar-refractivity contribution in [1.29, 1.82) is 5.26 Å². The molecule has 0 aromatic carbocycles. The molecular formula is C11H21N3O. The Morgan fingerprint density at radius 3 is 2.80 bits per heavy atom. The summed E-state index contributed by atoms with van der Waals surface area (Å²) in [5, 5.41) is 8.81. The third kappa shape index (κ3) is 4.17. The van der Waals surface area contributed by atoms with Gasteiger partial charge in [0.15, 0.2) is 0 Å². The van der Waals surface area contributed by atoms with Crippen LogP contribution in [0.1, 0.15) is 27.2 Å². The predicted molar refractivity (Wildman–Crippen MR) is 59.3 cm³/mol. The smallest absolute Gasteiger partial charge is 0.102 e. The molecule has 15 heavy (non-hydrogen) atoms. The number of nitriles is 1. The van der Waals surface area contributed by atoms with E-state index in [2.05, 4.69) is 24.8 Å². The number of nitrogens with zero attached hydrogens (tertiary/aromatic N) is 2. The monoisotopic (exact) mass is 211 g/mol. The van der Waals surface area contributed by atoms with E-state index in [0.29, 0.717) is 6.42 Å². The van der Waals surface area contributed by atoms with Gasteiger partial charge < -0.3 is 10.5 Å². The van der Waals surface area contributed by atoms with Gasteiger partial charge in [-0.15, -0.1) is 0 Å². The van der Waals surface area contributed by atoms with Crippen LogP contribution < -0.4 is 5.73 Å². The van der Waals surface area contributed by atoms with Crippen molar-refractivity contribution in [2.75, 3.05) is 26.2 Å². The first-order valence-electron chi connectivity index (χ1n) is 5.41. The van der Waals surface area contributed by atoms with Crippen molar-refractivity contribution in [1.82, 2.24) is 4.90 Å². The van der Waals surface area contributed by atoms with Crippen LogP contribution in [0, 0.1) is 11.3 Å². The molecule has 0 aromatic rings. The quantitative estimate of drug-likeness (QED) is 0.747. The fraction of sp³-hybridized carbons (Fsp3) is 0.909. The molecule has 2 N–H and O–H groups in total. The molecule has 1 rings (SSSR count). The van der Waals surface area contributed by atoms with Gasteiger partial charge in [0.2, 0.25) is 0 Å². The lowest BCUT2D eigenvalue weighted by molar-refractivity contribution is -0.0865. The first-order chi connectivity index (χ1) is 6.85. The first kappa shape index (κ1) is 12.4. The van der Waals surface area contributed by atoms with Crippen LogP contribution in [0.5, 0.6) is 0 Å². The van der Waals surface area contributed by atoms with Crippen LogP contribution in [0.15, 0.2) is 0 Å². The van der Waals surface area contributed by atoms with E-state index in [4.69, 9.17) is 15.7 Å². The Kier molecular flexibility index (Phi) is 3.72. The summed E-state index contributed by atoms with van der Waals surface area (Å²) in [5.41, 5.74) is 5.00. The van der Waals surface area contributed by atoms with Gasteiger partial charge in [0.1, 0.15) is 5.54 Å². The third-order valence-electron chi connectivity index (χ3n) is 2.71. The molecule has 1 aliphatic rings. The Bertz CT molecular complexity index is 255. The molecule has 1 atom stereocenters. The van der Waals surface area contributed by atoms with Crippen molar-refractivity contribution in [3.05, 3.63) is 0 Å². The predicted octanol–water partition coefficient (Wildman–Crippen LogP) is 0.728. The van der Waals surface area contributed by atoms with Crippen molar-refractivity contribution >= 4 is 0 Å². The van der Waals surface area contributed by atoms with Gasteiger partial charge in [-0.1, -0.05) is 0 Å². The van der Waals surface area contributed by atoms with Gasteiger partial charge in [-0.05, 0) is 27.2 Å². The Hall–Kier alpha value is -0.630. The van der Waals surface area contributed by atoms with Crippen molar-refractivity contribution in [2.45, 2.75) is 38.3 Å². The van der Waals surface area contributed by atoms with Crippen molar-refractivity contribution in [3.8, 4) is 6.07 Å². The lowest BCUT2D eigenvalue weighted by Gasteiger charge is -2.38. The molecule has 0 saturated carbocycles. The normalized spacial score (nSPS) is 25.5. The summed E-state index contributed by atoms with van der Waals surface area (Å²) < 4.78 is 5.62. The minimum atomic E-state index is -0.706. The van der Waals surface area contributed by atoms with Crippen LogP contribution in [-0.2, 0) is 4.74 Å². The summed E-state index contributed by atoms with van der Waals surface area (Å²) in [6.07, 6.45) is 0.708. The highest BCUT2D eigenvalue weighted by Gasteiger charge is 2.28. The molecule has 0 spiro atoms. The second-order valence-electron chi connectivity index (χ2n) is 5.16. The van der Waals surface area contributed by atoms with Crippen LogP contribution in [0.3, 0.4) is 0 Å². The molecule has 1 aliphatic heterocycles. The largest absolute Gasteiger partial charge is 0.373 e. The van der Waals surface area contributed by atoms with E-state index in [1.54, 1.807) is 6.92 Å². The van der Waals surface area contributed by atoms with Crippen molar-refractivity contribution in [2.24, 2.45) is 5.73 Å². The molecule has 0 bridgehead atoms. The Labute approximate surface area is 92.0 Å². The minimum absolute atomic E-state index is 0.0735. The summed E-state index contributed by atoms with van der Waals surface area (Å²) in [4.78, 5) is 2.31. The standard InChI is InChI=1S/C11H21N3O/c1-10(2)9-14(6-7-15-10)5-4-11(3,13)8-12/h4-7,9,13H2,1-3H3. The van der Waals surface area contributed by atoms with Crippen LogP contribution in [0.25, 0.3) is 0 Å². The summed E-state index contributed by atoms with van der Waals surface area (Å²) >= 11 is 0. The minimum Gasteiger partial charge on any atom is -0.373 e. The zero-order valence-corrected chi connectivity index (χ0v) is 9.92. The van der Waals surface area contributed by atoms with Crippen LogP contribution in [-0.4, -0.2) is 42.3 Å². The van der Waals surface area contributed by atoms with Gasteiger partial charge in [-0.2, -0.15) is 5.26 Å². The molecule has 1 saturated heterocycles. The second kappa shape index (κ2) is 4.48. The SMILES string of the molecule is CC(N)(C#N)CCN1CCOC(C)(C)C1. The Morgan fingerprint density at radius 2 is 2.27 bits per heavy atom. The lowest BCUT2D eigenvalue weighted by atomic mass is 10.0. The maximum absolute atomic E-state index is 8.81. The molecule has 4 heteroatoms. The van der Waals surface area contributed by atoms with Crippen LogP contribution in [0.4, 0.5) is 0 Å². The number of hydrogen-bond acceptors (Lipinski definition) is 4. The lowest BCUT2D eigenvalue weighted by Crippen LogP contribution is -2.50. The molecule has 1 fully saturated rings. The number of hydrogen-bond donors (Lipinski definition) is 1. The summed E-state index contributed by atoms with van der Waals surface area (Å²) in [6.45, 7) is 9.43. The highest BCUT2D eigenvalue weighted by atomic mass is 16.5. The van der Waals surface area contributed by atoms with Gasteiger partial charge in [0.25, 0.3) is 0 Å². The van der Waals surface area contributed by atoms with Crippen molar-refractivity contribution in [3.63, 3.8) is 0 Å². The molecular weight excluding hydrogens is 190 g/mol. The topological polar surface area (TPSA) is 62.3 Å². The third-order valence-corrected chi connectivity index (χ3v) is 2.71. The van der Waals surface area contributed by atoms with E-state index in [9.17, 15) is 0 Å². The fourth-order valence-corrected chi connectivity index (χ4v) is 1.75. The number of nitrogens with two attached hydrogens (primary N) is 1. The molecule has 1 heterocycles. The average Bonchev–Trinajstić information content (AvgIpc) is 2.14. The van der Waals surface area contributed by atoms with E-state index < -0.39 is 5.54 Å². The van der Waals surface area contributed by atoms with Crippen molar-refractivity contribution < 1.29 is 4.74 Å². The highest BCUT2D eigenvalue weighted by Crippen LogP contribution is 2.17. The molecule has 0 radical (unpaired) electrons. The second-order valence-corrected chi connectivity index (χ2v) is 5.16. The van der Waals surface area contributed by atoms with E-state index in [1.807, 2.05) is 0 Å². The van der Waals surface area contributed by atoms with Gasteiger partial charge in [-0.25, -0.2) is 0 Å². The number of rotatable bonds is 3. The number of morpholine rings is 1. The van der Waals surface area contributed by atoms with Gasteiger partial charge in [0, 0.05) is 19.6 Å². The Balaban J connectivity index is 2.37. The maximum Gasteiger partial charge on any atom is 0.102 e. The molecule has 0 aromatic heterocycles. The van der Waals surface area contributed by atoms with E-state index in [0.717, 1.165) is 26.2 Å². The van der Waals surface area contributed by atoms with Crippen LogP contribution >= 0.6 is 0 Å². The van der Waals surface area contributed by atoms with E-state index in [-0.39, 0.29) is 5.60 Å². The molecule has 0 aliphatic carbocycles. The molecule has 0 amide bonds. The molecule has 4 nitrogen and oxygen atoms in total. The van der Waals surface area contributed by atoms with E-state index >= 15 is 0 Å². The zero-order valence-electron chi connectivity index (χ0n) is 9.92. The summed E-state index contributed by atoms with van der Waals surface area (Å²) in [5.74, 6) is 0. The number of ether oxygens (including phenoxy) is 1. The fourth-order valence-electron chi connectivity index (χ4n) is 1.75. The van der Waals surface area contributed by atoms with Gasteiger partial charge in [-0.3, -0.25) is 4.90 Å². The Morgan fingerprint density at radius 1 is 1.60 bits per heavy atom. The first-order valence-corrected chi connectivity index (χ1v) is 5.41. The van der Waals surface area contributed by atoms with Gasteiger partial charge >= 0.3 is 0 Å². The molecule has 1 unspecified atom stereocenters.